The summed E-state index contributed by atoms with van der Waals surface area (Å²) >= 11 is 1.41. The van der Waals surface area contributed by atoms with Crippen LogP contribution in [0.2, 0.25) is 0 Å². The average molecular weight is 424 g/mol. The van der Waals surface area contributed by atoms with E-state index >= 15 is 0 Å². The highest BCUT2D eigenvalue weighted by Gasteiger charge is 2.20. The van der Waals surface area contributed by atoms with Crippen molar-refractivity contribution in [3.63, 3.8) is 0 Å². The molecule has 4 rings (SSSR count). The number of rotatable bonds is 5. The summed E-state index contributed by atoms with van der Waals surface area (Å²) in [7, 11) is 1.29. The molecule has 30 heavy (non-hydrogen) atoms. The number of hydrogen-bond donors (Lipinski definition) is 3. The van der Waals surface area contributed by atoms with Crippen molar-refractivity contribution in [3.05, 3.63) is 52.1 Å². The molecule has 0 aromatic carbocycles. The number of anilines is 1. The van der Waals surface area contributed by atoms with Crippen molar-refractivity contribution in [2.75, 3.05) is 19.0 Å². The monoisotopic (exact) mass is 424 g/mol. The number of fused-ring (bicyclic) bond motifs is 1. The van der Waals surface area contributed by atoms with Crippen LogP contribution in [0.1, 0.15) is 44.1 Å². The maximum absolute atomic E-state index is 12.9. The third kappa shape index (κ3) is 3.57. The molecule has 1 amide bonds. The Morgan fingerprint density at radius 3 is 2.93 bits per heavy atom. The van der Waals surface area contributed by atoms with Gasteiger partial charge in [-0.15, -0.1) is 11.3 Å². The van der Waals surface area contributed by atoms with E-state index in [1.165, 1.54) is 43.1 Å². The molecule has 0 atom stereocenters. The number of aromatic nitrogens is 3. The molecule has 1 saturated heterocycles. The van der Waals surface area contributed by atoms with E-state index in [1.807, 2.05) is 6.20 Å². The zero-order valence-corrected chi connectivity index (χ0v) is 17.3. The van der Waals surface area contributed by atoms with E-state index in [0.29, 0.717) is 21.8 Å². The second-order valence-electron chi connectivity index (χ2n) is 6.77. The summed E-state index contributed by atoms with van der Waals surface area (Å²) < 4.78 is 6.36. The molecule has 0 aliphatic carbocycles. The fraction of sp³-hybridized carbons (Fsp3) is 0.250. The number of amides is 1. The summed E-state index contributed by atoms with van der Waals surface area (Å²) in [5, 5.41) is 18.2. The maximum Gasteiger partial charge on any atom is 0.339 e. The topological polar surface area (TPSA) is 121 Å². The first-order valence-electron chi connectivity index (χ1n) is 9.33. The van der Waals surface area contributed by atoms with Crippen molar-refractivity contribution in [1.29, 1.82) is 5.41 Å². The lowest BCUT2D eigenvalue weighted by atomic mass is 10.1. The zero-order chi connectivity index (χ0) is 21.3. The molecule has 9 nitrogen and oxygen atoms in total. The largest absolute Gasteiger partial charge is 0.465 e. The van der Waals surface area contributed by atoms with Crippen LogP contribution < -0.4 is 10.6 Å². The third-order valence-corrected chi connectivity index (χ3v) is 6.02. The van der Waals surface area contributed by atoms with E-state index < -0.39 is 5.97 Å². The number of hydrogen-bond acceptors (Lipinski definition) is 8. The van der Waals surface area contributed by atoms with Gasteiger partial charge in [-0.25, -0.2) is 9.31 Å². The Bertz CT molecular complexity index is 1180. The Labute approximate surface area is 176 Å². The smallest absolute Gasteiger partial charge is 0.339 e. The third-order valence-electron chi connectivity index (χ3n) is 4.87. The summed E-state index contributed by atoms with van der Waals surface area (Å²) in [5.41, 5.74) is 3.53. The summed E-state index contributed by atoms with van der Waals surface area (Å²) in [4.78, 5) is 30.4. The van der Waals surface area contributed by atoms with Gasteiger partial charge in [-0.3, -0.25) is 9.78 Å². The van der Waals surface area contributed by atoms with E-state index in [1.54, 1.807) is 11.4 Å². The average Bonchev–Trinajstić information content (AvgIpc) is 3.47. The molecule has 1 fully saturated rings. The second kappa shape index (κ2) is 8.07. The first kappa shape index (κ1) is 19.8. The summed E-state index contributed by atoms with van der Waals surface area (Å²) in [6, 6.07) is 1.54. The van der Waals surface area contributed by atoms with E-state index in [0.717, 1.165) is 35.5 Å². The van der Waals surface area contributed by atoms with Crippen LogP contribution in [-0.2, 0) is 4.74 Å². The van der Waals surface area contributed by atoms with Gasteiger partial charge in [0.2, 0.25) is 0 Å². The number of ether oxygens (including phenoxy) is 1. The Kier molecular flexibility index (Phi) is 5.32. The number of carbonyl (C=O) groups excluding carboxylic acids is 2. The van der Waals surface area contributed by atoms with Crippen molar-refractivity contribution in [3.8, 4) is 0 Å². The van der Waals surface area contributed by atoms with Crippen LogP contribution in [0, 0.1) is 12.3 Å². The fourth-order valence-corrected chi connectivity index (χ4v) is 4.38. The van der Waals surface area contributed by atoms with Gasteiger partial charge in [0.1, 0.15) is 4.83 Å². The molecule has 0 bridgehead atoms. The minimum Gasteiger partial charge on any atom is -0.465 e. The van der Waals surface area contributed by atoms with E-state index in [2.05, 4.69) is 20.7 Å². The number of allylic oxidation sites excluding steroid dienone is 2. The fourth-order valence-electron chi connectivity index (χ4n) is 3.28. The summed E-state index contributed by atoms with van der Waals surface area (Å²) in [6.07, 6.45) is 8.02. The van der Waals surface area contributed by atoms with E-state index in [9.17, 15) is 9.59 Å². The summed E-state index contributed by atoms with van der Waals surface area (Å²) in [5.74, 6) is -0.880. The van der Waals surface area contributed by atoms with Gasteiger partial charge >= 0.3 is 5.97 Å². The summed E-state index contributed by atoms with van der Waals surface area (Å²) in [6.45, 7) is 2.64. The highest BCUT2D eigenvalue weighted by atomic mass is 32.1. The molecule has 1 aliphatic rings. The lowest BCUT2D eigenvalue weighted by molar-refractivity contribution is 0.0600. The molecule has 0 spiro atoms. The maximum atomic E-state index is 12.9. The van der Waals surface area contributed by atoms with Gasteiger partial charge in [-0.05, 0) is 25.8 Å². The highest BCUT2D eigenvalue weighted by molar-refractivity contribution is 7.19. The van der Waals surface area contributed by atoms with E-state index in [4.69, 9.17) is 10.1 Å². The number of nitrogens with one attached hydrogen (secondary N) is 3. The molecule has 0 saturated carbocycles. The number of carbonyl (C=O) groups is 2. The molecule has 0 unspecified atom stereocenters. The van der Waals surface area contributed by atoms with Crippen LogP contribution in [-0.4, -0.2) is 46.3 Å². The van der Waals surface area contributed by atoms with Crippen molar-refractivity contribution in [2.24, 2.45) is 0 Å². The van der Waals surface area contributed by atoms with Gasteiger partial charge < -0.3 is 20.8 Å². The Balaban J connectivity index is 1.65. The van der Waals surface area contributed by atoms with Crippen molar-refractivity contribution >= 4 is 45.5 Å². The Morgan fingerprint density at radius 1 is 1.40 bits per heavy atom. The molecule has 3 aromatic heterocycles. The van der Waals surface area contributed by atoms with Gasteiger partial charge in [0.15, 0.2) is 0 Å². The van der Waals surface area contributed by atoms with Gasteiger partial charge in [-0.2, -0.15) is 5.10 Å². The van der Waals surface area contributed by atoms with Crippen molar-refractivity contribution in [2.45, 2.75) is 19.8 Å². The minimum absolute atomic E-state index is 0.253. The van der Waals surface area contributed by atoms with Crippen molar-refractivity contribution < 1.29 is 14.3 Å². The minimum atomic E-state index is -0.526. The van der Waals surface area contributed by atoms with Gasteiger partial charge in [0, 0.05) is 36.4 Å². The lowest BCUT2D eigenvalue weighted by Crippen LogP contribution is -2.14. The van der Waals surface area contributed by atoms with Crippen LogP contribution in [0.5, 0.6) is 0 Å². The molecule has 154 valence electrons. The molecule has 4 heterocycles. The van der Waals surface area contributed by atoms with Crippen LogP contribution >= 0.6 is 11.3 Å². The van der Waals surface area contributed by atoms with Crippen LogP contribution in [0.25, 0.3) is 10.4 Å². The number of esters is 1. The van der Waals surface area contributed by atoms with Crippen LogP contribution in [0.3, 0.4) is 0 Å². The van der Waals surface area contributed by atoms with Crippen molar-refractivity contribution in [1.82, 2.24) is 19.9 Å². The molecule has 1 aliphatic heterocycles. The predicted molar refractivity (Wildman–Crippen MR) is 114 cm³/mol. The first-order chi connectivity index (χ1) is 14.5. The molecule has 0 radical (unpaired) electrons. The highest BCUT2D eigenvalue weighted by Crippen LogP contribution is 2.30. The Hall–Kier alpha value is -3.53. The van der Waals surface area contributed by atoms with E-state index in [-0.39, 0.29) is 11.5 Å². The molecular formula is C20H20N6O3S. The quantitative estimate of drug-likeness (QED) is 0.428. The molecule has 3 N–H and O–H groups in total. The van der Waals surface area contributed by atoms with Gasteiger partial charge in [0.25, 0.3) is 5.91 Å². The molecule has 10 heteroatoms. The van der Waals surface area contributed by atoms with Gasteiger partial charge in [-0.1, -0.05) is 0 Å². The second-order valence-corrected chi connectivity index (χ2v) is 7.80. The standard InChI is InChI=1S/C20H20N6O3S/c1-11-16(6-12(8-23-11)20(28)29-2)25-18(27)14-9-24-26-10-17(30-19(14)26)13(7-21)15-4-3-5-22-15/h6-10,21-22H,3-5H2,1-2H3,(H,25,27)/b15-13+,21-7?. The van der Waals surface area contributed by atoms with Gasteiger partial charge in [0.05, 0.1) is 40.7 Å². The number of thiazole rings is 1. The number of methoxy groups -OCH3 is 1. The number of aryl methyl sites for hydroxylation is 1. The number of nitrogens with zero attached hydrogens (tertiary/aromatic N) is 3. The predicted octanol–water partition coefficient (Wildman–Crippen LogP) is 2.88. The first-order valence-corrected chi connectivity index (χ1v) is 10.1. The SMILES string of the molecule is COC(=O)c1cnc(C)c(NC(=O)c2cnn3cc(/C(C=N)=C4\CCCN4)sc23)c1. The lowest BCUT2D eigenvalue weighted by Gasteiger charge is -2.08. The molecule has 3 aromatic rings. The normalized spacial score (nSPS) is 15.0. The Morgan fingerprint density at radius 2 is 2.23 bits per heavy atom. The van der Waals surface area contributed by atoms with Crippen LogP contribution in [0.15, 0.2) is 30.4 Å². The molecular weight excluding hydrogens is 404 g/mol. The van der Waals surface area contributed by atoms with Crippen LogP contribution in [0.4, 0.5) is 5.69 Å². The number of pyridine rings is 1. The zero-order valence-electron chi connectivity index (χ0n) is 16.5.